The fraction of sp³-hybridized carbons (Fsp3) is 0.636. The van der Waals surface area contributed by atoms with Crippen molar-refractivity contribution in [1.82, 2.24) is 4.98 Å². The van der Waals surface area contributed by atoms with Gasteiger partial charge in [0.2, 0.25) is 0 Å². The highest BCUT2D eigenvalue weighted by atomic mass is 32.1. The third-order valence-corrected chi connectivity index (χ3v) is 3.25. The maximum Gasteiger partial charge on any atom is 0.113 e. The highest BCUT2D eigenvalue weighted by molar-refractivity contribution is 7.09. The molecule has 0 aromatic carbocycles. The zero-order chi connectivity index (χ0) is 11.0. The standard InChI is InChI=1S/C11H16N2S/c1-10(2,3)8-6-14-9(13-8)11(4,5)7-12/h6H,1-5H3. The number of aromatic nitrogens is 1. The molecular formula is C11H16N2S. The normalized spacial score (nSPS) is 12.6. The zero-order valence-corrected chi connectivity index (χ0v) is 10.2. The molecule has 3 heteroatoms. The summed E-state index contributed by atoms with van der Waals surface area (Å²) in [5, 5.41) is 11.9. The Bertz CT molecular complexity index is 363. The van der Waals surface area contributed by atoms with Gasteiger partial charge in [0, 0.05) is 10.8 Å². The molecule has 1 aromatic heterocycles. The van der Waals surface area contributed by atoms with E-state index in [0.717, 1.165) is 10.7 Å². The second kappa shape index (κ2) is 3.36. The topological polar surface area (TPSA) is 36.7 Å². The lowest BCUT2D eigenvalue weighted by atomic mass is 9.92. The summed E-state index contributed by atoms with van der Waals surface area (Å²) in [6.45, 7) is 10.2. The molecule has 0 radical (unpaired) electrons. The van der Waals surface area contributed by atoms with E-state index in [-0.39, 0.29) is 5.41 Å². The Balaban J connectivity index is 3.08. The Morgan fingerprint density at radius 2 is 1.86 bits per heavy atom. The second-order valence-electron chi connectivity index (χ2n) is 5.02. The SMILES string of the molecule is CC(C)(C)c1csc(C(C)(C)C#N)n1. The van der Waals surface area contributed by atoms with E-state index < -0.39 is 5.41 Å². The molecule has 1 aromatic rings. The molecule has 1 rings (SSSR count). The van der Waals surface area contributed by atoms with E-state index in [4.69, 9.17) is 5.26 Å². The number of thiazole rings is 1. The highest BCUT2D eigenvalue weighted by Gasteiger charge is 2.26. The van der Waals surface area contributed by atoms with Crippen LogP contribution in [0.5, 0.6) is 0 Å². The maximum atomic E-state index is 8.98. The molecule has 0 aliphatic carbocycles. The van der Waals surface area contributed by atoms with Gasteiger partial charge >= 0.3 is 0 Å². The Labute approximate surface area is 89.6 Å². The van der Waals surface area contributed by atoms with Gasteiger partial charge in [-0.2, -0.15) is 5.26 Å². The minimum Gasteiger partial charge on any atom is -0.244 e. The second-order valence-corrected chi connectivity index (χ2v) is 5.88. The van der Waals surface area contributed by atoms with Crippen LogP contribution in [0.2, 0.25) is 0 Å². The molecule has 0 aliphatic rings. The van der Waals surface area contributed by atoms with Crippen molar-refractivity contribution in [3.8, 4) is 6.07 Å². The van der Waals surface area contributed by atoms with Gasteiger partial charge in [-0.3, -0.25) is 0 Å². The number of hydrogen-bond acceptors (Lipinski definition) is 3. The molecule has 0 amide bonds. The Morgan fingerprint density at radius 3 is 2.21 bits per heavy atom. The van der Waals surface area contributed by atoms with E-state index in [2.05, 4.69) is 37.2 Å². The van der Waals surface area contributed by atoms with E-state index in [1.165, 1.54) is 0 Å². The summed E-state index contributed by atoms with van der Waals surface area (Å²) in [7, 11) is 0. The first kappa shape index (κ1) is 11.2. The van der Waals surface area contributed by atoms with E-state index in [9.17, 15) is 0 Å². The fourth-order valence-electron chi connectivity index (χ4n) is 0.953. The molecule has 0 saturated carbocycles. The van der Waals surface area contributed by atoms with Crippen LogP contribution in [-0.4, -0.2) is 4.98 Å². The molecule has 0 atom stereocenters. The van der Waals surface area contributed by atoms with Crippen molar-refractivity contribution in [2.45, 2.75) is 45.4 Å². The Kier molecular flexibility index (Phi) is 2.69. The summed E-state index contributed by atoms with van der Waals surface area (Å²) in [6.07, 6.45) is 0. The molecule has 0 spiro atoms. The van der Waals surface area contributed by atoms with Crippen molar-refractivity contribution in [2.75, 3.05) is 0 Å². The van der Waals surface area contributed by atoms with Crippen LogP contribution in [0.25, 0.3) is 0 Å². The first-order chi connectivity index (χ1) is 6.27. The number of nitrogens with zero attached hydrogens (tertiary/aromatic N) is 2. The first-order valence-electron chi connectivity index (χ1n) is 4.65. The average Bonchev–Trinajstić information content (AvgIpc) is 2.51. The van der Waals surface area contributed by atoms with Gasteiger partial charge < -0.3 is 0 Å². The summed E-state index contributed by atoms with van der Waals surface area (Å²) in [6, 6.07) is 2.27. The van der Waals surface area contributed by atoms with Crippen molar-refractivity contribution < 1.29 is 0 Å². The molecule has 0 saturated heterocycles. The molecule has 0 bridgehead atoms. The van der Waals surface area contributed by atoms with Crippen LogP contribution in [0.1, 0.15) is 45.3 Å². The van der Waals surface area contributed by atoms with Gasteiger partial charge in [0.05, 0.1) is 11.8 Å². The van der Waals surface area contributed by atoms with Crippen molar-refractivity contribution in [3.63, 3.8) is 0 Å². The summed E-state index contributed by atoms with van der Waals surface area (Å²) >= 11 is 1.57. The van der Waals surface area contributed by atoms with E-state index in [1.54, 1.807) is 11.3 Å². The van der Waals surface area contributed by atoms with E-state index in [1.807, 2.05) is 13.8 Å². The lowest BCUT2D eigenvalue weighted by Gasteiger charge is -2.15. The predicted molar refractivity (Wildman–Crippen MR) is 59.5 cm³/mol. The van der Waals surface area contributed by atoms with Crippen LogP contribution in [0.3, 0.4) is 0 Å². The van der Waals surface area contributed by atoms with Crippen LogP contribution >= 0.6 is 11.3 Å². The quantitative estimate of drug-likeness (QED) is 0.710. The van der Waals surface area contributed by atoms with E-state index in [0.29, 0.717) is 0 Å². The van der Waals surface area contributed by atoms with Gasteiger partial charge in [-0.15, -0.1) is 11.3 Å². The molecule has 2 nitrogen and oxygen atoms in total. The smallest absolute Gasteiger partial charge is 0.113 e. The molecule has 1 heterocycles. The van der Waals surface area contributed by atoms with Crippen LogP contribution in [-0.2, 0) is 10.8 Å². The van der Waals surface area contributed by atoms with Crippen LogP contribution < -0.4 is 0 Å². The van der Waals surface area contributed by atoms with Crippen LogP contribution in [0, 0.1) is 11.3 Å². The van der Waals surface area contributed by atoms with Crippen molar-refractivity contribution in [3.05, 3.63) is 16.1 Å². The van der Waals surface area contributed by atoms with Crippen LogP contribution in [0.15, 0.2) is 5.38 Å². The number of hydrogen-bond donors (Lipinski definition) is 0. The predicted octanol–water partition coefficient (Wildman–Crippen LogP) is 3.24. The molecule has 14 heavy (non-hydrogen) atoms. The first-order valence-corrected chi connectivity index (χ1v) is 5.53. The van der Waals surface area contributed by atoms with Gasteiger partial charge in [-0.05, 0) is 13.8 Å². The van der Waals surface area contributed by atoms with Crippen molar-refractivity contribution in [2.24, 2.45) is 0 Å². The van der Waals surface area contributed by atoms with Gasteiger partial charge in [0.25, 0.3) is 0 Å². The zero-order valence-electron chi connectivity index (χ0n) is 9.38. The molecule has 0 N–H and O–H groups in total. The minimum absolute atomic E-state index is 0.0697. The molecule has 76 valence electrons. The molecule has 0 aliphatic heterocycles. The van der Waals surface area contributed by atoms with Crippen molar-refractivity contribution in [1.29, 1.82) is 5.26 Å². The van der Waals surface area contributed by atoms with Gasteiger partial charge in [-0.1, -0.05) is 20.8 Å². The van der Waals surface area contributed by atoms with Crippen LogP contribution in [0.4, 0.5) is 0 Å². The third-order valence-electron chi connectivity index (χ3n) is 2.09. The summed E-state index contributed by atoms with van der Waals surface area (Å²) in [4.78, 5) is 4.52. The van der Waals surface area contributed by atoms with Gasteiger partial charge in [-0.25, -0.2) is 4.98 Å². The summed E-state index contributed by atoms with van der Waals surface area (Å²) < 4.78 is 0. The summed E-state index contributed by atoms with van der Waals surface area (Å²) in [5.41, 5.74) is 0.676. The Hall–Kier alpha value is -0.880. The highest BCUT2D eigenvalue weighted by Crippen LogP contribution is 2.30. The van der Waals surface area contributed by atoms with Crippen molar-refractivity contribution >= 4 is 11.3 Å². The third kappa shape index (κ3) is 2.13. The lowest BCUT2D eigenvalue weighted by Crippen LogP contribution is -2.16. The maximum absolute atomic E-state index is 8.98. The van der Waals surface area contributed by atoms with E-state index >= 15 is 0 Å². The summed E-state index contributed by atoms with van der Waals surface area (Å²) in [5.74, 6) is 0. The largest absolute Gasteiger partial charge is 0.244 e. The average molecular weight is 208 g/mol. The fourth-order valence-corrected chi connectivity index (χ4v) is 2.07. The molecule has 0 unspecified atom stereocenters. The number of nitriles is 1. The minimum atomic E-state index is -0.464. The number of rotatable bonds is 1. The monoisotopic (exact) mass is 208 g/mol. The molecular weight excluding hydrogens is 192 g/mol. The van der Waals surface area contributed by atoms with Gasteiger partial charge in [0.15, 0.2) is 0 Å². The lowest BCUT2D eigenvalue weighted by molar-refractivity contribution is 0.564. The molecule has 0 fully saturated rings. The van der Waals surface area contributed by atoms with Gasteiger partial charge in [0.1, 0.15) is 10.4 Å². The Morgan fingerprint density at radius 1 is 1.29 bits per heavy atom.